The maximum Gasteiger partial charge on any atom is 0.298 e. The highest BCUT2D eigenvalue weighted by molar-refractivity contribution is 8.19. The molecule has 0 aromatic heterocycles. The highest BCUT2D eigenvalue weighted by atomic mass is 32.2. The molecule has 1 saturated heterocycles. The summed E-state index contributed by atoms with van der Waals surface area (Å²) < 4.78 is 10.4. The van der Waals surface area contributed by atoms with Crippen molar-refractivity contribution in [1.29, 1.82) is 0 Å². The molecule has 122 valence electrons. The standard InChI is InChI=1S/C18H15NO4S/c1-22-14-8-5-7-13(11-14)19-17(20)16(24-18(19)21)10-12-6-3-4-9-15(12)23-2/h3-11H,1-2H3/b16-10-. The number of ether oxygens (including phenoxy) is 2. The Labute approximate surface area is 143 Å². The molecule has 1 heterocycles. The Balaban J connectivity index is 1.95. The number of methoxy groups -OCH3 is 2. The molecule has 0 aliphatic carbocycles. The number of anilines is 1. The van der Waals surface area contributed by atoms with E-state index < -0.39 is 0 Å². The van der Waals surface area contributed by atoms with Gasteiger partial charge in [-0.25, -0.2) is 4.90 Å². The van der Waals surface area contributed by atoms with Crippen molar-refractivity contribution in [3.8, 4) is 11.5 Å². The molecular weight excluding hydrogens is 326 g/mol. The molecule has 0 atom stereocenters. The maximum absolute atomic E-state index is 12.7. The quantitative estimate of drug-likeness (QED) is 0.788. The number of hydrogen-bond acceptors (Lipinski definition) is 5. The Hall–Kier alpha value is -2.73. The minimum Gasteiger partial charge on any atom is -0.497 e. The number of para-hydroxylation sites is 1. The Morgan fingerprint density at radius 1 is 1.00 bits per heavy atom. The molecular formula is C18H15NO4S. The van der Waals surface area contributed by atoms with E-state index in [9.17, 15) is 9.59 Å². The van der Waals surface area contributed by atoms with Crippen LogP contribution < -0.4 is 14.4 Å². The zero-order valence-electron chi connectivity index (χ0n) is 13.2. The third kappa shape index (κ3) is 3.00. The van der Waals surface area contributed by atoms with Crippen LogP contribution in [0.4, 0.5) is 10.5 Å². The lowest BCUT2D eigenvalue weighted by atomic mass is 10.2. The van der Waals surface area contributed by atoms with Crippen LogP contribution in [0.15, 0.2) is 53.4 Å². The van der Waals surface area contributed by atoms with Gasteiger partial charge < -0.3 is 9.47 Å². The van der Waals surface area contributed by atoms with Gasteiger partial charge in [-0.05, 0) is 36.0 Å². The van der Waals surface area contributed by atoms with E-state index in [1.807, 2.05) is 18.2 Å². The Morgan fingerprint density at radius 3 is 2.54 bits per heavy atom. The van der Waals surface area contributed by atoms with Crippen LogP contribution in [0, 0.1) is 0 Å². The van der Waals surface area contributed by atoms with Gasteiger partial charge >= 0.3 is 0 Å². The topological polar surface area (TPSA) is 55.8 Å². The molecule has 0 bridgehead atoms. The van der Waals surface area contributed by atoms with Gasteiger partial charge in [0.05, 0.1) is 24.8 Å². The summed E-state index contributed by atoms with van der Waals surface area (Å²) in [4.78, 5) is 26.5. The maximum atomic E-state index is 12.7. The third-order valence-corrected chi connectivity index (χ3v) is 4.40. The number of amides is 2. The highest BCUT2D eigenvalue weighted by Crippen LogP contribution is 2.37. The minimum atomic E-state index is -0.357. The fraction of sp³-hybridized carbons (Fsp3) is 0.111. The van der Waals surface area contributed by atoms with Gasteiger partial charge in [-0.2, -0.15) is 0 Å². The van der Waals surface area contributed by atoms with Crippen molar-refractivity contribution in [3.05, 3.63) is 59.0 Å². The monoisotopic (exact) mass is 341 g/mol. The summed E-state index contributed by atoms with van der Waals surface area (Å²) in [6, 6.07) is 14.2. The van der Waals surface area contributed by atoms with E-state index in [1.54, 1.807) is 43.5 Å². The van der Waals surface area contributed by atoms with E-state index >= 15 is 0 Å². The van der Waals surface area contributed by atoms with Gasteiger partial charge in [-0.3, -0.25) is 9.59 Å². The largest absolute Gasteiger partial charge is 0.497 e. The van der Waals surface area contributed by atoms with E-state index in [2.05, 4.69) is 0 Å². The molecule has 1 aliphatic rings. The van der Waals surface area contributed by atoms with Crippen molar-refractivity contribution in [2.45, 2.75) is 0 Å². The van der Waals surface area contributed by atoms with Crippen LogP contribution in [0.3, 0.4) is 0 Å². The van der Waals surface area contributed by atoms with Gasteiger partial charge in [0.15, 0.2) is 0 Å². The van der Waals surface area contributed by atoms with Crippen molar-refractivity contribution in [1.82, 2.24) is 0 Å². The average molecular weight is 341 g/mol. The van der Waals surface area contributed by atoms with E-state index in [1.165, 1.54) is 7.11 Å². The molecule has 1 aliphatic heterocycles. The average Bonchev–Trinajstić information content (AvgIpc) is 2.89. The molecule has 6 heteroatoms. The number of carbonyl (C=O) groups is 2. The fourth-order valence-corrected chi connectivity index (χ4v) is 3.20. The smallest absolute Gasteiger partial charge is 0.298 e. The number of nitrogens with zero attached hydrogens (tertiary/aromatic N) is 1. The van der Waals surface area contributed by atoms with Crippen molar-refractivity contribution in [2.75, 3.05) is 19.1 Å². The van der Waals surface area contributed by atoms with Crippen molar-refractivity contribution < 1.29 is 19.1 Å². The van der Waals surface area contributed by atoms with Gasteiger partial charge in [0.2, 0.25) is 0 Å². The molecule has 0 saturated carbocycles. The third-order valence-electron chi connectivity index (χ3n) is 3.53. The van der Waals surface area contributed by atoms with Gasteiger partial charge in [0, 0.05) is 11.6 Å². The molecule has 3 rings (SSSR count). The van der Waals surface area contributed by atoms with Crippen LogP contribution >= 0.6 is 11.8 Å². The molecule has 0 spiro atoms. The van der Waals surface area contributed by atoms with Gasteiger partial charge in [0.1, 0.15) is 11.5 Å². The zero-order valence-corrected chi connectivity index (χ0v) is 14.0. The lowest BCUT2D eigenvalue weighted by Gasteiger charge is -2.13. The number of benzene rings is 2. The van der Waals surface area contributed by atoms with Crippen LogP contribution in [0.5, 0.6) is 11.5 Å². The van der Waals surface area contributed by atoms with Gasteiger partial charge in [0.25, 0.3) is 11.1 Å². The van der Waals surface area contributed by atoms with E-state index in [-0.39, 0.29) is 11.1 Å². The highest BCUT2D eigenvalue weighted by Gasteiger charge is 2.36. The summed E-state index contributed by atoms with van der Waals surface area (Å²) in [5.74, 6) is 0.870. The van der Waals surface area contributed by atoms with Gasteiger partial charge in [-0.15, -0.1) is 0 Å². The first-order valence-electron chi connectivity index (χ1n) is 7.19. The number of hydrogen-bond donors (Lipinski definition) is 0. The van der Waals surface area contributed by atoms with E-state index in [0.717, 1.165) is 22.2 Å². The van der Waals surface area contributed by atoms with Crippen LogP contribution in [0.25, 0.3) is 6.08 Å². The lowest BCUT2D eigenvalue weighted by Crippen LogP contribution is -2.27. The molecule has 0 radical (unpaired) electrons. The summed E-state index contributed by atoms with van der Waals surface area (Å²) >= 11 is 0.906. The van der Waals surface area contributed by atoms with E-state index in [0.29, 0.717) is 22.1 Å². The molecule has 2 aromatic rings. The van der Waals surface area contributed by atoms with Crippen LogP contribution in [0.1, 0.15) is 5.56 Å². The Morgan fingerprint density at radius 2 is 1.79 bits per heavy atom. The molecule has 24 heavy (non-hydrogen) atoms. The second kappa shape index (κ2) is 6.80. The first-order chi connectivity index (χ1) is 11.6. The summed E-state index contributed by atoms with van der Waals surface area (Å²) in [5, 5.41) is -0.339. The van der Waals surface area contributed by atoms with Crippen molar-refractivity contribution in [2.24, 2.45) is 0 Å². The zero-order chi connectivity index (χ0) is 17.1. The van der Waals surface area contributed by atoms with E-state index in [4.69, 9.17) is 9.47 Å². The SMILES string of the molecule is COc1cccc(N2C(=O)S/C(=C\c3ccccc3OC)C2=O)c1. The Bertz CT molecular complexity index is 831. The second-order valence-electron chi connectivity index (χ2n) is 4.96. The van der Waals surface area contributed by atoms with Crippen LogP contribution in [0.2, 0.25) is 0 Å². The predicted molar refractivity (Wildman–Crippen MR) is 94.4 cm³/mol. The van der Waals surface area contributed by atoms with Crippen LogP contribution in [-0.2, 0) is 4.79 Å². The minimum absolute atomic E-state index is 0.339. The van der Waals surface area contributed by atoms with Gasteiger partial charge in [-0.1, -0.05) is 24.3 Å². The lowest BCUT2D eigenvalue weighted by molar-refractivity contribution is -0.113. The second-order valence-corrected chi connectivity index (χ2v) is 5.95. The molecule has 5 nitrogen and oxygen atoms in total. The molecule has 1 fully saturated rings. The first kappa shape index (κ1) is 16.1. The molecule has 0 N–H and O–H groups in total. The summed E-state index contributed by atoms with van der Waals surface area (Å²) in [6.45, 7) is 0. The van der Waals surface area contributed by atoms with Crippen molar-refractivity contribution >= 4 is 34.7 Å². The predicted octanol–water partition coefficient (Wildman–Crippen LogP) is 3.94. The first-order valence-corrected chi connectivity index (χ1v) is 8.00. The molecule has 0 unspecified atom stereocenters. The number of imide groups is 1. The fourth-order valence-electron chi connectivity index (χ4n) is 2.37. The number of carbonyl (C=O) groups excluding carboxylic acids is 2. The number of thioether (sulfide) groups is 1. The Kier molecular flexibility index (Phi) is 4.57. The normalized spacial score (nSPS) is 15.9. The van der Waals surface area contributed by atoms with Crippen molar-refractivity contribution in [3.63, 3.8) is 0 Å². The molecule has 2 aromatic carbocycles. The number of rotatable bonds is 4. The summed E-state index contributed by atoms with van der Waals surface area (Å²) in [5.41, 5.74) is 1.23. The summed E-state index contributed by atoms with van der Waals surface area (Å²) in [6.07, 6.45) is 1.67. The van der Waals surface area contributed by atoms with Crippen LogP contribution in [-0.4, -0.2) is 25.4 Å². The summed E-state index contributed by atoms with van der Waals surface area (Å²) in [7, 11) is 3.10. The molecule has 2 amide bonds.